The molecule has 0 saturated heterocycles. The summed E-state index contributed by atoms with van der Waals surface area (Å²) < 4.78 is 0. The summed E-state index contributed by atoms with van der Waals surface area (Å²) in [5.41, 5.74) is 0. The molecule has 0 atom stereocenters. The van der Waals surface area contributed by atoms with E-state index < -0.39 is 0 Å². The zero-order valence-corrected chi connectivity index (χ0v) is 11.3. The van der Waals surface area contributed by atoms with Crippen molar-refractivity contribution in [2.24, 2.45) is 0 Å². The molecule has 1 radical (unpaired) electrons. The van der Waals surface area contributed by atoms with Crippen LogP contribution in [0.5, 0.6) is 0 Å². The maximum atomic E-state index is 11.4. The molecule has 0 fully saturated rings. The van der Waals surface area contributed by atoms with E-state index >= 15 is 0 Å². The van der Waals surface area contributed by atoms with Crippen molar-refractivity contribution in [3.63, 3.8) is 0 Å². The van der Waals surface area contributed by atoms with Crippen molar-refractivity contribution in [2.45, 2.75) is 78.1 Å². The van der Waals surface area contributed by atoms with Crippen LogP contribution in [0, 0.1) is 0 Å². The maximum absolute atomic E-state index is 11.4. The summed E-state index contributed by atoms with van der Waals surface area (Å²) in [5, 5.41) is 12.7. The van der Waals surface area contributed by atoms with Crippen LogP contribution < -0.4 is 0 Å². The van der Waals surface area contributed by atoms with Crippen molar-refractivity contribution >= 4 is 0 Å². The first-order valence-corrected chi connectivity index (χ1v) is 7.23. The lowest BCUT2D eigenvalue weighted by molar-refractivity contribution is -0.158. The molecule has 0 saturated carbocycles. The molecule has 0 rings (SSSR count). The Kier molecular flexibility index (Phi) is 12.9. The highest BCUT2D eigenvalue weighted by atomic mass is 16.5. The minimum atomic E-state index is 0.748. The lowest BCUT2D eigenvalue weighted by atomic mass is 10.1. The van der Waals surface area contributed by atoms with Crippen LogP contribution in [-0.2, 0) is 5.21 Å². The summed E-state index contributed by atoms with van der Waals surface area (Å²) in [6, 6.07) is 0. The largest absolute Gasteiger partial charge is 0.155 e. The van der Waals surface area contributed by atoms with Crippen molar-refractivity contribution < 1.29 is 5.21 Å². The zero-order valence-electron chi connectivity index (χ0n) is 11.3. The summed E-state index contributed by atoms with van der Waals surface area (Å²) in [6.45, 7) is 5.93. The van der Waals surface area contributed by atoms with Gasteiger partial charge in [-0.1, -0.05) is 65.2 Å². The Balaban J connectivity index is 3.09. The lowest BCUT2D eigenvalue weighted by Crippen LogP contribution is -2.20. The molecule has 97 valence electrons. The molecule has 0 heterocycles. The summed E-state index contributed by atoms with van der Waals surface area (Å²) >= 11 is 0. The summed E-state index contributed by atoms with van der Waals surface area (Å²) in [6.07, 6.45) is 12.4. The van der Waals surface area contributed by atoms with Gasteiger partial charge in [-0.2, -0.15) is 5.06 Å². The Hall–Kier alpha value is -0.0800. The average molecular weight is 228 g/mol. The van der Waals surface area contributed by atoms with Gasteiger partial charge < -0.3 is 0 Å². The Morgan fingerprint density at radius 2 is 1.00 bits per heavy atom. The van der Waals surface area contributed by atoms with Gasteiger partial charge in [0.05, 0.1) is 0 Å². The summed E-state index contributed by atoms with van der Waals surface area (Å²) in [7, 11) is 0. The van der Waals surface area contributed by atoms with Crippen LogP contribution in [0.4, 0.5) is 0 Å². The van der Waals surface area contributed by atoms with Gasteiger partial charge in [-0.05, 0) is 12.8 Å². The first-order valence-electron chi connectivity index (χ1n) is 7.23. The van der Waals surface area contributed by atoms with Gasteiger partial charge in [0, 0.05) is 13.1 Å². The molecule has 2 heteroatoms. The molecule has 0 spiro atoms. The van der Waals surface area contributed by atoms with Gasteiger partial charge in [0.2, 0.25) is 0 Å². The zero-order chi connectivity index (χ0) is 12.1. The second-order valence-corrected chi connectivity index (χ2v) is 4.76. The third-order valence-corrected chi connectivity index (χ3v) is 3.02. The molecular weight excluding hydrogens is 198 g/mol. The van der Waals surface area contributed by atoms with Gasteiger partial charge in [0.25, 0.3) is 0 Å². The van der Waals surface area contributed by atoms with Crippen molar-refractivity contribution in [3.8, 4) is 0 Å². The van der Waals surface area contributed by atoms with Gasteiger partial charge in [0.1, 0.15) is 0 Å². The molecule has 0 aromatic carbocycles. The third kappa shape index (κ3) is 12.0. The van der Waals surface area contributed by atoms with E-state index in [0.29, 0.717) is 0 Å². The number of rotatable bonds is 12. The fourth-order valence-electron chi connectivity index (χ4n) is 1.90. The van der Waals surface area contributed by atoms with E-state index in [0.717, 1.165) is 25.9 Å². The number of nitrogens with zero attached hydrogens (tertiary/aromatic N) is 1. The van der Waals surface area contributed by atoms with E-state index in [4.69, 9.17) is 0 Å². The summed E-state index contributed by atoms with van der Waals surface area (Å²) in [4.78, 5) is 0. The maximum Gasteiger partial charge on any atom is 0.0271 e. The fourth-order valence-corrected chi connectivity index (χ4v) is 1.90. The van der Waals surface area contributed by atoms with E-state index in [1.807, 2.05) is 0 Å². The van der Waals surface area contributed by atoms with E-state index in [1.165, 1.54) is 56.4 Å². The Bertz CT molecular complexity index is 114. The Morgan fingerprint density at radius 1 is 0.625 bits per heavy atom. The van der Waals surface area contributed by atoms with Crippen LogP contribution in [0.15, 0.2) is 0 Å². The first kappa shape index (κ1) is 15.9. The minimum absolute atomic E-state index is 0.748. The van der Waals surface area contributed by atoms with Crippen molar-refractivity contribution in [1.82, 2.24) is 5.06 Å². The molecule has 0 unspecified atom stereocenters. The smallest absolute Gasteiger partial charge is 0.0271 e. The molecule has 0 aliphatic rings. The SMILES string of the molecule is CCCCCCCN([O])CCCCCCC. The first-order chi connectivity index (χ1) is 7.81. The van der Waals surface area contributed by atoms with Gasteiger partial charge in [-0.3, -0.25) is 0 Å². The standard InChI is InChI=1S/C14H30NO/c1-3-5-7-9-11-13-15(16)14-12-10-8-6-4-2/h3-14H2,1-2H3. The number of hydroxylamine groups is 2. The highest BCUT2D eigenvalue weighted by Gasteiger charge is 2.01. The van der Waals surface area contributed by atoms with Gasteiger partial charge in [-0.25, -0.2) is 0 Å². The molecule has 0 aromatic heterocycles. The monoisotopic (exact) mass is 228 g/mol. The van der Waals surface area contributed by atoms with Gasteiger partial charge >= 0.3 is 0 Å². The van der Waals surface area contributed by atoms with Crippen LogP contribution in [-0.4, -0.2) is 18.2 Å². The summed E-state index contributed by atoms with van der Waals surface area (Å²) in [5.74, 6) is 0. The van der Waals surface area contributed by atoms with Crippen LogP contribution in [0.3, 0.4) is 0 Å². The topological polar surface area (TPSA) is 23.1 Å². The molecule has 16 heavy (non-hydrogen) atoms. The molecule has 0 aliphatic heterocycles. The molecule has 2 nitrogen and oxygen atoms in total. The number of hydrogen-bond acceptors (Lipinski definition) is 1. The highest BCUT2D eigenvalue weighted by Crippen LogP contribution is 2.05. The fraction of sp³-hybridized carbons (Fsp3) is 1.00. The molecule has 0 amide bonds. The molecular formula is C14H30NO. The second kappa shape index (κ2) is 13.0. The average Bonchev–Trinajstić information content (AvgIpc) is 2.28. The van der Waals surface area contributed by atoms with Gasteiger partial charge in [0.15, 0.2) is 0 Å². The van der Waals surface area contributed by atoms with E-state index in [1.54, 1.807) is 0 Å². The second-order valence-electron chi connectivity index (χ2n) is 4.76. The van der Waals surface area contributed by atoms with Crippen molar-refractivity contribution in [2.75, 3.05) is 13.1 Å². The molecule has 0 aromatic rings. The van der Waals surface area contributed by atoms with E-state index in [-0.39, 0.29) is 0 Å². The Labute approximate surface area is 102 Å². The predicted octanol–water partition coefficient (Wildman–Crippen LogP) is 4.57. The van der Waals surface area contributed by atoms with Crippen LogP contribution in [0.1, 0.15) is 78.1 Å². The van der Waals surface area contributed by atoms with Crippen LogP contribution in [0.2, 0.25) is 0 Å². The number of hydrogen-bond donors (Lipinski definition) is 0. The Morgan fingerprint density at radius 3 is 1.38 bits per heavy atom. The van der Waals surface area contributed by atoms with Crippen molar-refractivity contribution in [1.29, 1.82) is 0 Å². The van der Waals surface area contributed by atoms with Gasteiger partial charge in [-0.15, -0.1) is 5.21 Å². The lowest BCUT2D eigenvalue weighted by Gasteiger charge is -2.11. The molecule has 0 bridgehead atoms. The molecule has 0 N–H and O–H groups in total. The van der Waals surface area contributed by atoms with Crippen molar-refractivity contribution in [3.05, 3.63) is 0 Å². The highest BCUT2D eigenvalue weighted by molar-refractivity contribution is 4.50. The minimum Gasteiger partial charge on any atom is -0.155 e. The normalized spacial score (nSPS) is 11.2. The van der Waals surface area contributed by atoms with Crippen LogP contribution >= 0.6 is 0 Å². The quantitative estimate of drug-likeness (QED) is 0.354. The predicted molar refractivity (Wildman–Crippen MR) is 69.8 cm³/mol. The van der Waals surface area contributed by atoms with E-state index in [2.05, 4.69) is 13.8 Å². The third-order valence-electron chi connectivity index (χ3n) is 3.02. The van der Waals surface area contributed by atoms with Crippen LogP contribution in [0.25, 0.3) is 0 Å². The van der Waals surface area contributed by atoms with E-state index in [9.17, 15) is 5.21 Å². The number of unbranched alkanes of at least 4 members (excludes halogenated alkanes) is 8. The molecule has 0 aliphatic carbocycles.